The van der Waals surface area contributed by atoms with Crippen LogP contribution in [0.2, 0.25) is 0 Å². The molecule has 3 heteroatoms. The fourth-order valence-electron chi connectivity index (χ4n) is 2.59. The number of aromatic nitrogens is 1. The lowest BCUT2D eigenvalue weighted by Gasteiger charge is -2.02. The lowest BCUT2D eigenvalue weighted by molar-refractivity contribution is -0.669. The van der Waals surface area contributed by atoms with Crippen molar-refractivity contribution in [1.29, 1.82) is 0 Å². The van der Waals surface area contributed by atoms with Crippen molar-refractivity contribution >= 4 is 23.1 Å². The molecule has 0 fully saturated rings. The molecule has 0 unspecified atom stereocenters. The number of nitrogens with zero attached hydrogens (tertiary/aromatic N) is 1. The SMILES string of the molecule is CC[n+]1c(/C=C/c2cccc(O)c2)ccc2ccccc21.[I-]. The molecule has 1 N–H and O–H groups in total. The number of aryl methyl sites for hydroxylation is 1. The van der Waals surface area contributed by atoms with Gasteiger partial charge in [-0.25, -0.2) is 0 Å². The zero-order valence-electron chi connectivity index (χ0n) is 12.4. The van der Waals surface area contributed by atoms with Gasteiger partial charge in [-0.15, -0.1) is 0 Å². The Morgan fingerprint density at radius 3 is 2.55 bits per heavy atom. The first-order chi connectivity index (χ1) is 10.3. The van der Waals surface area contributed by atoms with Crippen LogP contribution in [0.15, 0.2) is 60.7 Å². The van der Waals surface area contributed by atoms with Crippen LogP contribution in [-0.4, -0.2) is 5.11 Å². The molecule has 0 bridgehead atoms. The van der Waals surface area contributed by atoms with E-state index in [1.54, 1.807) is 12.1 Å². The molecule has 0 amide bonds. The van der Waals surface area contributed by atoms with Crippen LogP contribution in [0.3, 0.4) is 0 Å². The van der Waals surface area contributed by atoms with Crippen molar-refractivity contribution in [3.8, 4) is 5.75 Å². The molecule has 0 spiro atoms. The Kier molecular flexibility index (Phi) is 5.55. The van der Waals surface area contributed by atoms with E-state index in [1.807, 2.05) is 18.2 Å². The Morgan fingerprint density at radius 2 is 1.77 bits per heavy atom. The van der Waals surface area contributed by atoms with Crippen molar-refractivity contribution < 1.29 is 33.7 Å². The molecule has 0 radical (unpaired) electrons. The van der Waals surface area contributed by atoms with Crippen LogP contribution < -0.4 is 28.5 Å². The topological polar surface area (TPSA) is 24.1 Å². The number of hydrogen-bond acceptors (Lipinski definition) is 1. The number of benzene rings is 2. The molecule has 0 aliphatic rings. The molecule has 1 aromatic heterocycles. The Bertz CT molecular complexity index is 811. The first-order valence-electron chi connectivity index (χ1n) is 7.16. The maximum atomic E-state index is 9.51. The summed E-state index contributed by atoms with van der Waals surface area (Å²) < 4.78 is 2.29. The number of rotatable bonds is 3. The van der Waals surface area contributed by atoms with Gasteiger partial charge in [0.1, 0.15) is 12.3 Å². The average Bonchev–Trinajstić information content (AvgIpc) is 2.52. The number of phenolic OH excluding ortho intramolecular Hbond substituents is 1. The highest BCUT2D eigenvalue weighted by molar-refractivity contribution is 5.77. The zero-order valence-corrected chi connectivity index (χ0v) is 14.6. The summed E-state index contributed by atoms with van der Waals surface area (Å²) in [4.78, 5) is 0. The Balaban J connectivity index is 0.00000176. The van der Waals surface area contributed by atoms with Gasteiger partial charge in [-0.05, 0) is 42.8 Å². The highest BCUT2D eigenvalue weighted by atomic mass is 127. The summed E-state index contributed by atoms with van der Waals surface area (Å²) in [5.41, 5.74) is 3.38. The largest absolute Gasteiger partial charge is 1.00 e. The molecule has 0 saturated heterocycles. The van der Waals surface area contributed by atoms with Gasteiger partial charge >= 0.3 is 0 Å². The van der Waals surface area contributed by atoms with Gasteiger partial charge in [0.05, 0.1) is 0 Å². The predicted molar refractivity (Wildman–Crippen MR) is 86.9 cm³/mol. The second-order valence-electron chi connectivity index (χ2n) is 4.99. The highest BCUT2D eigenvalue weighted by Gasteiger charge is 2.10. The summed E-state index contributed by atoms with van der Waals surface area (Å²) in [6.07, 6.45) is 4.11. The molecule has 112 valence electrons. The summed E-state index contributed by atoms with van der Waals surface area (Å²) in [5, 5.41) is 10.8. The highest BCUT2D eigenvalue weighted by Crippen LogP contribution is 2.15. The third-order valence-electron chi connectivity index (χ3n) is 3.61. The number of fused-ring (bicyclic) bond motifs is 1. The minimum atomic E-state index is 0. The molecule has 0 saturated carbocycles. The van der Waals surface area contributed by atoms with Crippen molar-refractivity contribution in [3.63, 3.8) is 0 Å². The van der Waals surface area contributed by atoms with Gasteiger partial charge < -0.3 is 29.1 Å². The summed E-state index contributed by atoms with van der Waals surface area (Å²) in [6, 6.07) is 19.9. The van der Waals surface area contributed by atoms with Crippen LogP contribution in [0.4, 0.5) is 0 Å². The van der Waals surface area contributed by atoms with Crippen LogP contribution >= 0.6 is 0 Å². The summed E-state index contributed by atoms with van der Waals surface area (Å²) in [5.74, 6) is 0.291. The van der Waals surface area contributed by atoms with E-state index < -0.39 is 0 Å². The Hall–Kier alpha value is -1.88. The fraction of sp³-hybridized carbons (Fsp3) is 0.105. The first kappa shape index (κ1) is 16.5. The molecule has 3 rings (SSSR count). The molecular formula is C19H18INO. The minimum absolute atomic E-state index is 0. The van der Waals surface area contributed by atoms with Gasteiger partial charge in [0.25, 0.3) is 0 Å². The smallest absolute Gasteiger partial charge is 0.212 e. The lowest BCUT2D eigenvalue weighted by Crippen LogP contribution is -3.00. The molecule has 0 aliphatic heterocycles. The Morgan fingerprint density at radius 1 is 0.955 bits per heavy atom. The van der Waals surface area contributed by atoms with Gasteiger partial charge in [0.2, 0.25) is 11.2 Å². The average molecular weight is 403 g/mol. The number of phenols is 1. The van der Waals surface area contributed by atoms with E-state index in [2.05, 4.69) is 54.0 Å². The van der Waals surface area contributed by atoms with Crippen LogP contribution in [0.1, 0.15) is 18.2 Å². The van der Waals surface area contributed by atoms with E-state index in [0.717, 1.165) is 17.8 Å². The van der Waals surface area contributed by atoms with Crippen molar-refractivity contribution in [1.82, 2.24) is 0 Å². The number of para-hydroxylation sites is 1. The van der Waals surface area contributed by atoms with E-state index in [0.29, 0.717) is 5.75 Å². The predicted octanol–water partition coefficient (Wildman–Crippen LogP) is 1.03. The molecular weight excluding hydrogens is 385 g/mol. The van der Waals surface area contributed by atoms with Gasteiger partial charge in [-0.1, -0.05) is 24.3 Å². The summed E-state index contributed by atoms with van der Waals surface area (Å²) >= 11 is 0. The third kappa shape index (κ3) is 3.47. The van der Waals surface area contributed by atoms with Crippen molar-refractivity contribution in [2.24, 2.45) is 0 Å². The molecule has 3 aromatic rings. The number of aromatic hydroxyl groups is 1. The van der Waals surface area contributed by atoms with Gasteiger partial charge in [0, 0.05) is 23.6 Å². The number of hydrogen-bond donors (Lipinski definition) is 1. The second-order valence-corrected chi connectivity index (χ2v) is 4.99. The minimum Gasteiger partial charge on any atom is -1.00 e. The number of halogens is 1. The quantitative estimate of drug-likeness (QED) is 0.513. The van der Waals surface area contributed by atoms with E-state index in [1.165, 1.54) is 10.9 Å². The van der Waals surface area contributed by atoms with E-state index in [9.17, 15) is 5.11 Å². The normalized spacial score (nSPS) is 10.8. The molecule has 0 aliphatic carbocycles. The maximum Gasteiger partial charge on any atom is 0.212 e. The van der Waals surface area contributed by atoms with Crippen molar-refractivity contribution in [2.45, 2.75) is 13.5 Å². The summed E-state index contributed by atoms with van der Waals surface area (Å²) in [7, 11) is 0. The third-order valence-corrected chi connectivity index (χ3v) is 3.61. The van der Waals surface area contributed by atoms with Crippen LogP contribution in [0.25, 0.3) is 23.1 Å². The Labute approximate surface area is 147 Å². The van der Waals surface area contributed by atoms with E-state index in [4.69, 9.17) is 0 Å². The first-order valence-corrected chi connectivity index (χ1v) is 7.16. The van der Waals surface area contributed by atoms with Gasteiger partial charge in [-0.3, -0.25) is 0 Å². The molecule has 1 heterocycles. The van der Waals surface area contributed by atoms with E-state index in [-0.39, 0.29) is 24.0 Å². The lowest BCUT2D eigenvalue weighted by atomic mass is 10.1. The van der Waals surface area contributed by atoms with Crippen LogP contribution in [0.5, 0.6) is 5.75 Å². The van der Waals surface area contributed by atoms with Crippen molar-refractivity contribution in [3.05, 3.63) is 71.9 Å². The van der Waals surface area contributed by atoms with Gasteiger partial charge in [0.15, 0.2) is 0 Å². The van der Waals surface area contributed by atoms with Crippen LogP contribution in [0, 0.1) is 0 Å². The molecule has 0 atom stereocenters. The molecule has 2 aromatic carbocycles. The van der Waals surface area contributed by atoms with Gasteiger partial charge in [-0.2, -0.15) is 4.57 Å². The summed E-state index contributed by atoms with van der Waals surface area (Å²) in [6.45, 7) is 3.07. The fourth-order valence-corrected chi connectivity index (χ4v) is 2.59. The molecule has 22 heavy (non-hydrogen) atoms. The second kappa shape index (κ2) is 7.40. The zero-order chi connectivity index (χ0) is 14.7. The van der Waals surface area contributed by atoms with Crippen LogP contribution in [-0.2, 0) is 6.54 Å². The van der Waals surface area contributed by atoms with E-state index >= 15 is 0 Å². The standard InChI is InChI=1S/C19H17NO.HI/c1-2-20-17(12-10-15-6-5-8-18(21)14-15)13-11-16-7-3-4-9-19(16)20;/h3-14H,2H2,1H3;1H/b12-10+;. The van der Waals surface area contributed by atoms with Crippen molar-refractivity contribution in [2.75, 3.05) is 0 Å². The maximum absolute atomic E-state index is 9.51. The molecule has 2 nitrogen and oxygen atoms in total. The monoisotopic (exact) mass is 403 g/mol. The number of pyridine rings is 1.